The summed E-state index contributed by atoms with van der Waals surface area (Å²) in [7, 11) is 0. The van der Waals surface area contributed by atoms with Crippen LogP contribution in [-0.4, -0.2) is 32.6 Å². The number of anilines is 1. The molecule has 2 aromatic rings. The zero-order valence-corrected chi connectivity index (χ0v) is 10.7. The first-order valence-electron chi connectivity index (χ1n) is 6.18. The Morgan fingerprint density at radius 1 is 1.37 bits per heavy atom. The number of nitrogens with zero attached hydrogens (tertiary/aromatic N) is 3. The Balaban J connectivity index is 1.92. The minimum absolute atomic E-state index is 0.194. The predicted molar refractivity (Wildman–Crippen MR) is 71.9 cm³/mol. The molecule has 6 nitrogen and oxygen atoms in total. The van der Waals surface area contributed by atoms with Crippen molar-refractivity contribution in [1.82, 2.24) is 15.0 Å². The molecule has 0 amide bonds. The molecule has 1 atom stereocenters. The highest BCUT2D eigenvalue weighted by Gasteiger charge is 2.06. The SMILES string of the molecule is CC(CCC(=O)O)CNc1ccc2nccnc2n1. The summed E-state index contributed by atoms with van der Waals surface area (Å²) in [5.74, 6) is 0.247. The van der Waals surface area contributed by atoms with E-state index in [0.29, 0.717) is 18.6 Å². The molecule has 19 heavy (non-hydrogen) atoms. The molecular weight excluding hydrogens is 244 g/mol. The van der Waals surface area contributed by atoms with Gasteiger partial charge in [-0.25, -0.2) is 9.97 Å². The van der Waals surface area contributed by atoms with Gasteiger partial charge >= 0.3 is 5.97 Å². The van der Waals surface area contributed by atoms with Crippen molar-refractivity contribution >= 4 is 23.0 Å². The summed E-state index contributed by atoms with van der Waals surface area (Å²) >= 11 is 0. The molecule has 2 aromatic heterocycles. The second-order valence-electron chi connectivity index (χ2n) is 4.51. The number of pyridine rings is 1. The van der Waals surface area contributed by atoms with E-state index in [-0.39, 0.29) is 12.3 Å². The normalized spacial score (nSPS) is 12.3. The van der Waals surface area contributed by atoms with Gasteiger partial charge in [0.15, 0.2) is 5.65 Å². The second kappa shape index (κ2) is 6.08. The van der Waals surface area contributed by atoms with Gasteiger partial charge in [-0.2, -0.15) is 0 Å². The third kappa shape index (κ3) is 3.87. The first-order chi connectivity index (χ1) is 9.15. The maximum atomic E-state index is 10.5. The Morgan fingerprint density at radius 3 is 2.95 bits per heavy atom. The summed E-state index contributed by atoms with van der Waals surface area (Å²) in [4.78, 5) is 23.1. The van der Waals surface area contributed by atoms with E-state index in [4.69, 9.17) is 5.11 Å². The fourth-order valence-electron chi connectivity index (χ4n) is 1.70. The monoisotopic (exact) mass is 260 g/mol. The van der Waals surface area contributed by atoms with Crippen molar-refractivity contribution in [3.63, 3.8) is 0 Å². The largest absolute Gasteiger partial charge is 0.481 e. The van der Waals surface area contributed by atoms with E-state index in [0.717, 1.165) is 11.3 Å². The number of hydrogen-bond donors (Lipinski definition) is 2. The molecule has 0 saturated carbocycles. The maximum absolute atomic E-state index is 10.5. The van der Waals surface area contributed by atoms with E-state index in [1.165, 1.54) is 0 Å². The third-order valence-corrected chi connectivity index (χ3v) is 2.81. The predicted octanol–water partition coefficient (Wildman–Crippen LogP) is 1.94. The van der Waals surface area contributed by atoms with Crippen LogP contribution in [0.3, 0.4) is 0 Å². The Kier molecular flexibility index (Phi) is 4.22. The Hall–Kier alpha value is -2.24. The van der Waals surface area contributed by atoms with Crippen molar-refractivity contribution in [2.75, 3.05) is 11.9 Å². The van der Waals surface area contributed by atoms with Gasteiger partial charge in [0.2, 0.25) is 0 Å². The molecular formula is C13H16N4O2. The third-order valence-electron chi connectivity index (χ3n) is 2.81. The van der Waals surface area contributed by atoms with Gasteiger partial charge in [-0.05, 0) is 24.5 Å². The molecule has 0 saturated heterocycles. The van der Waals surface area contributed by atoms with Gasteiger partial charge in [-0.3, -0.25) is 9.78 Å². The summed E-state index contributed by atoms with van der Waals surface area (Å²) in [6.45, 7) is 2.70. The summed E-state index contributed by atoms with van der Waals surface area (Å²) in [5.41, 5.74) is 1.36. The highest BCUT2D eigenvalue weighted by molar-refractivity contribution is 5.71. The molecule has 0 radical (unpaired) electrons. The lowest BCUT2D eigenvalue weighted by atomic mass is 10.1. The average molecular weight is 260 g/mol. The molecule has 0 aliphatic carbocycles. The van der Waals surface area contributed by atoms with Gasteiger partial charge in [0, 0.05) is 25.4 Å². The topological polar surface area (TPSA) is 88.0 Å². The minimum Gasteiger partial charge on any atom is -0.481 e. The summed E-state index contributed by atoms with van der Waals surface area (Å²) < 4.78 is 0. The van der Waals surface area contributed by atoms with Crippen molar-refractivity contribution in [2.45, 2.75) is 19.8 Å². The number of carbonyl (C=O) groups is 1. The van der Waals surface area contributed by atoms with Gasteiger partial charge in [0.25, 0.3) is 0 Å². The van der Waals surface area contributed by atoms with Crippen LogP contribution in [0.5, 0.6) is 0 Å². The summed E-state index contributed by atoms with van der Waals surface area (Å²) in [5, 5.41) is 11.8. The van der Waals surface area contributed by atoms with Crippen LogP contribution >= 0.6 is 0 Å². The smallest absolute Gasteiger partial charge is 0.303 e. The number of aliphatic carboxylic acids is 1. The standard InChI is InChI=1S/C13H16N4O2/c1-9(2-5-12(18)19)8-16-11-4-3-10-13(17-11)15-7-6-14-10/h3-4,6-7,9H,2,5,8H2,1H3,(H,18,19)(H,15,16,17). The maximum Gasteiger partial charge on any atom is 0.303 e. The van der Waals surface area contributed by atoms with E-state index in [1.54, 1.807) is 12.4 Å². The van der Waals surface area contributed by atoms with Gasteiger partial charge in [-0.1, -0.05) is 6.92 Å². The Bertz CT molecular complexity index is 573. The number of nitrogens with one attached hydrogen (secondary N) is 1. The number of carboxylic acid groups (broad SMARTS) is 1. The molecule has 0 aliphatic heterocycles. The van der Waals surface area contributed by atoms with Crippen LogP contribution in [0.25, 0.3) is 11.2 Å². The van der Waals surface area contributed by atoms with Crippen molar-refractivity contribution in [2.24, 2.45) is 5.92 Å². The molecule has 0 fully saturated rings. The van der Waals surface area contributed by atoms with E-state index in [1.807, 2.05) is 19.1 Å². The molecule has 0 bridgehead atoms. The first kappa shape index (κ1) is 13.2. The zero-order chi connectivity index (χ0) is 13.7. The molecule has 100 valence electrons. The number of hydrogen-bond acceptors (Lipinski definition) is 5. The summed E-state index contributed by atoms with van der Waals surface area (Å²) in [6, 6.07) is 3.71. The Morgan fingerprint density at radius 2 is 2.16 bits per heavy atom. The van der Waals surface area contributed by atoms with Crippen LogP contribution in [0.4, 0.5) is 5.82 Å². The average Bonchev–Trinajstić information content (AvgIpc) is 2.42. The van der Waals surface area contributed by atoms with Crippen LogP contribution in [-0.2, 0) is 4.79 Å². The minimum atomic E-state index is -0.758. The van der Waals surface area contributed by atoms with E-state index < -0.39 is 5.97 Å². The molecule has 2 rings (SSSR count). The highest BCUT2D eigenvalue weighted by Crippen LogP contribution is 2.12. The molecule has 1 unspecified atom stereocenters. The molecule has 0 aliphatic rings. The number of fused-ring (bicyclic) bond motifs is 1. The van der Waals surface area contributed by atoms with Crippen molar-refractivity contribution in [3.05, 3.63) is 24.5 Å². The number of aromatic nitrogens is 3. The van der Waals surface area contributed by atoms with Crippen molar-refractivity contribution < 1.29 is 9.90 Å². The van der Waals surface area contributed by atoms with E-state index >= 15 is 0 Å². The van der Waals surface area contributed by atoms with E-state index in [2.05, 4.69) is 20.3 Å². The number of rotatable bonds is 6. The molecule has 2 heterocycles. The fourth-order valence-corrected chi connectivity index (χ4v) is 1.70. The molecule has 0 spiro atoms. The highest BCUT2D eigenvalue weighted by atomic mass is 16.4. The summed E-state index contributed by atoms with van der Waals surface area (Å²) in [6.07, 6.45) is 4.08. The van der Waals surface area contributed by atoms with Crippen LogP contribution in [0.2, 0.25) is 0 Å². The zero-order valence-electron chi connectivity index (χ0n) is 10.7. The van der Waals surface area contributed by atoms with E-state index in [9.17, 15) is 4.79 Å². The van der Waals surface area contributed by atoms with Gasteiger partial charge < -0.3 is 10.4 Å². The van der Waals surface area contributed by atoms with Crippen LogP contribution in [0.1, 0.15) is 19.8 Å². The lowest BCUT2D eigenvalue weighted by molar-refractivity contribution is -0.137. The molecule has 0 aromatic carbocycles. The van der Waals surface area contributed by atoms with Crippen molar-refractivity contribution in [1.29, 1.82) is 0 Å². The lowest BCUT2D eigenvalue weighted by Crippen LogP contribution is -2.13. The van der Waals surface area contributed by atoms with Gasteiger partial charge in [0.05, 0.1) is 0 Å². The fraction of sp³-hybridized carbons (Fsp3) is 0.385. The number of carboxylic acids is 1. The van der Waals surface area contributed by atoms with Gasteiger partial charge in [0.1, 0.15) is 11.3 Å². The van der Waals surface area contributed by atoms with Crippen LogP contribution in [0.15, 0.2) is 24.5 Å². The van der Waals surface area contributed by atoms with Gasteiger partial charge in [-0.15, -0.1) is 0 Å². The Labute approximate surface area is 110 Å². The first-order valence-corrected chi connectivity index (χ1v) is 6.18. The lowest BCUT2D eigenvalue weighted by Gasteiger charge is -2.11. The van der Waals surface area contributed by atoms with Crippen molar-refractivity contribution in [3.8, 4) is 0 Å². The van der Waals surface area contributed by atoms with Crippen LogP contribution in [0, 0.1) is 5.92 Å². The second-order valence-corrected chi connectivity index (χ2v) is 4.51. The van der Waals surface area contributed by atoms with Crippen LogP contribution < -0.4 is 5.32 Å². The molecule has 2 N–H and O–H groups in total. The molecule has 6 heteroatoms. The quantitative estimate of drug-likeness (QED) is 0.825.